The highest BCUT2D eigenvalue weighted by molar-refractivity contribution is 7.98. The number of anilines is 1. The van der Waals surface area contributed by atoms with Crippen molar-refractivity contribution in [2.45, 2.75) is 17.6 Å². The standard InChI is InChI=1S/C9H13N3OS/c1-14-9-10-4-2-8(12-9)11-7-3-5-13-6-7/h2,4,7H,3,5-6H2,1H3,(H,10,11,12)/t7-/m1/s1. The minimum absolute atomic E-state index is 0.402. The van der Waals surface area contributed by atoms with E-state index in [-0.39, 0.29) is 0 Å². The summed E-state index contributed by atoms with van der Waals surface area (Å²) in [7, 11) is 0. The van der Waals surface area contributed by atoms with Gasteiger partial charge in [0.1, 0.15) is 5.82 Å². The van der Waals surface area contributed by atoms with E-state index in [4.69, 9.17) is 4.74 Å². The van der Waals surface area contributed by atoms with Crippen LogP contribution in [0.15, 0.2) is 17.4 Å². The third-order valence-electron chi connectivity index (χ3n) is 2.10. The van der Waals surface area contributed by atoms with Crippen LogP contribution in [0.25, 0.3) is 0 Å². The molecule has 0 bridgehead atoms. The zero-order valence-electron chi connectivity index (χ0n) is 8.06. The Balaban J connectivity index is 2.00. The van der Waals surface area contributed by atoms with Crippen molar-refractivity contribution in [2.24, 2.45) is 0 Å². The number of nitrogens with one attached hydrogen (secondary N) is 1. The number of hydrogen-bond donors (Lipinski definition) is 1. The van der Waals surface area contributed by atoms with Crippen LogP contribution in [0.4, 0.5) is 5.82 Å². The molecule has 76 valence electrons. The molecule has 2 heterocycles. The Labute approximate surface area is 87.5 Å². The van der Waals surface area contributed by atoms with E-state index >= 15 is 0 Å². The lowest BCUT2D eigenvalue weighted by molar-refractivity contribution is 0.195. The van der Waals surface area contributed by atoms with Crippen molar-refractivity contribution in [3.05, 3.63) is 12.3 Å². The predicted molar refractivity (Wildman–Crippen MR) is 56.7 cm³/mol. The Morgan fingerprint density at radius 3 is 3.29 bits per heavy atom. The Bertz CT molecular complexity index is 302. The van der Waals surface area contributed by atoms with Gasteiger partial charge >= 0.3 is 0 Å². The molecule has 1 saturated heterocycles. The Hall–Kier alpha value is -0.810. The molecule has 5 heteroatoms. The van der Waals surface area contributed by atoms with Gasteiger partial charge in [0, 0.05) is 12.8 Å². The van der Waals surface area contributed by atoms with Crippen LogP contribution in [-0.4, -0.2) is 35.5 Å². The maximum atomic E-state index is 5.27. The van der Waals surface area contributed by atoms with Crippen LogP contribution in [0.1, 0.15) is 6.42 Å². The smallest absolute Gasteiger partial charge is 0.189 e. The largest absolute Gasteiger partial charge is 0.379 e. The van der Waals surface area contributed by atoms with Crippen LogP contribution in [0, 0.1) is 0 Å². The first kappa shape index (κ1) is 9.73. The van der Waals surface area contributed by atoms with Crippen LogP contribution in [-0.2, 0) is 4.74 Å². The molecule has 0 spiro atoms. The summed E-state index contributed by atoms with van der Waals surface area (Å²) in [6, 6.07) is 2.29. The molecule has 1 atom stereocenters. The number of nitrogens with zero attached hydrogens (tertiary/aromatic N) is 2. The molecule has 1 aromatic rings. The van der Waals surface area contributed by atoms with E-state index in [1.807, 2.05) is 12.3 Å². The summed E-state index contributed by atoms with van der Waals surface area (Å²) in [4.78, 5) is 8.45. The number of ether oxygens (including phenoxy) is 1. The van der Waals surface area contributed by atoms with Gasteiger partial charge in [0.25, 0.3) is 0 Å². The van der Waals surface area contributed by atoms with E-state index < -0.39 is 0 Å². The van der Waals surface area contributed by atoms with Crippen molar-refractivity contribution in [2.75, 3.05) is 24.8 Å². The summed E-state index contributed by atoms with van der Waals surface area (Å²) >= 11 is 1.55. The monoisotopic (exact) mass is 211 g/mol. The fraction of sp³-hybridized carbons (Fsp3) is 0.556. The zero-order valence-corrected chi connectivity index (χ0v) is 8.88. The fourth-order valence-electron chi connectivity index (χ4n) is 1.38. The van der Waals surface area contributed by atoms with E-state index in [2.05, 4.69) is 15.3 Å². The van der Waals surface area contributed by atoms with Gasteiger partial charge in [-0.05, 0) is 18.7 Å². The van der Waals surface area contributed by atoms with Crippen LogP contribution < -0.4 is 5.32 Å². The van der Waals surface area contributed by atoms with Crippen molar-refractivity contribution >= 4 is 17.6 Å². The molecule has 0 unspecified atom stereocenters. The molecule has 1 aliphatic rings. The molecule has 1 N–H and O–H groups in total. The normalized spacial score (nSPS) is 21.1. The topological polar surface area (TPSA) is 47.0 Å². The van der Waals surface area contributed by atoms with E-state index in [0.717, 1.165) is 30.6 Å². The van der Waals surface area contributed by atoms with Crippen molar-refractivity contribution in [1.82, 2.24) is 9.97 Å². The van der Waals surface area contributed by atoms with Crippen LogP contribution in [0.3, 0.4) is 0 Å². The van der Waals surface area contributed by atoms with Crippen molar-refractivity contribution in [1.29, 1.82) is 0 Å². The molecule has 4 nitrogen and oxygen atoms in total. The van der Waals surface area contributed by atoms with E-state index in [9.17, 15) is 0 Å². The lowest BCUT2D eigenvalue weighted by atomic mass is 10.2. The number of hydrogen-bond acceptors (Lipinski definition) is 5. The summed E-state index contributed by atoms with van der Waals surface area (Å²) < 4.78 is 5.27. The summed E-state index contributed by atoms with van der Waals surface area (Å²) in [5.41, 5.74) is 0. The van der Waals surface area contributed by atoms with Gasteiger partial charge in [-0.3, -0.25) is 0 Å². The first-order chi connectivity index (χ1) is 6.88. The maximum absolute atomic E-state index is 5.27. The van der Waals surface area contributed by atoms with Gasteiger partial charge in [0.2, 0.25) is 0 Å². The summed E-state index contributed by atoms with van der Waals surface area (Å²) in [6.07, 6.45) is 4.80. The second-order valence-electron chi connectivity index (χ2n) is 3.13. The molecule has 0 amide bonds. The molecule has 1 fully saturated rings. The highest BCUT2D eigenvalue weighted by atomic mass is 32.2. The molecule has 0 saturated carbocycles. The van der Waals surface area contributed by atoms with Crippen LogP contribution in [0.5, 0.6) is 0 Å². The number of thioether (sulfide) groups is 1. The second-order valence-corrected chi connectivity index (χ2v) is 3.91. The molecule has 0 radical (unpaired) electrons. The van der Waals surface area contributed by atoms with Gasteiger partial charge in [-0.25, -0.2) is 9.97 Å². The average Bonchev–Trinajstić information content (AvgIpc) is 2.71. The lowest BCUT2D eigenvalue weighted by Gasteiger charge is -2.10. The van der Waals surface area contributed by atoms with Gasteiger partial charge < -0.3 is 10.1 Å². The third kappa shape index (κ3) is 2.36. The quantitative estimate of drug-likeness (QED) is 0.605. The number of rotatable bonds is 3. The van der Waals surface area contributed by atoms with Gasteiger partial charge in [-0.1, -0.05) is 11.8 Å². The predicted octanol–water partition coefficient (Wildman–Crippen LogP) is 1.40. The SMILES string of the molecule is CSc1nccc(N[C@@H]2CCOC2)n1. The molecular weight excluding hydrogens is 198 g/mol. The minimum atomic E-state index is 0.402. The number of aromatic nitrogens is 2. The molecule has 14 heavy (non-hydrogen) atoms. The highest BCUT2D eigenvalue weighted by Crippen LogP contribution is 2.14. The molecule has 2 rings (SSSR count). The van der Waals surface area contributed by atoms with Crippen molar-refractivity contribution < 1.29 is 4.74 Å². The first-order valence-electron chi connectivity index (χ1n) is 4.60. The molecular formula is C9H13N3OS. The average molecular weight is 211 g/mol. The molecule has 1 aliphatic heterocycles. The third-order valence-corrected chi connectivity index (χ3v) is 2.66. The zero-order chi connectivity index (χ0) is 9.80. The molecule has 0 aromatic carbocycles. The van der Waals surface area contributed by atoms with Crippen molar-refractivity contribution in [3.8, 4) is 0 Å². The van der Waals surface area contributed by atoms with Gasteiger partial charge in [0.15, 0.2) is 5.16 Å². The van der Waals surface area contributed by atoms with Crippen LogP contribution >= 0.6 is 11.8 Å². The van der Waals surface area contributed by atoms with E-state index in [0.29, 0.717) is 6.04 Å². The Kier molecular flexibility index (Phi) is 3.21. The molecule has 1 aromatic heterocycles. The maximum Gasteiger partial charge on any atom is 0.189 e. The van der Waals surface area contributed by atoms with Crippen molar-refractivity contribution in [3.63, 3.8) is 0 Å². The van der Waals surface area contributed by atoms with Crippen LogP contribution in [0.2, 0.25) is 0 Å². The van der Waals surface area contributed by atoms with E-state index in [1.54, 1.807) is 18.0 Å². The molecule has 0 aliphatic carbocycles. The van der Waals surface area contributed by atoms with Gasteiger partial charge in [-0.15, -0.1) is 0 Å². The Morgan fingerprint density at radius 1 is 1.64 bits per heavy atom. The summed E-state index contributed by atoms with van der Waals surface area (Å²) in [5, 5.41) is 4.13. The summed E-state index contributed by atoms with van der Waals surface area (Å²) in [5.74, 6) is 0.889. The Morgan fingerprint density at radius 2 is 2.57 bits per heavy atom. The van der Waals surface area contributed by atoms with E-state index in [1.165, 1.54) is 0 Å². The van der Waals surface area contributed by atoms with Gasteiger partial charge in [0.05, 0.1) is 12.6 Å². The first-order valence-corrected chi connectivity index (χ1v) is 5.82. The summed E-state index contributed by atoms with van der Waals surface area (Å²) in [6.45, 7) is 1.62. The van der Waals surface area contributed by atoms with Gasteiger partial charge in [-0.2, -0.15) is 0 Å². The highest BCUT2D eigenvalue weighted by Gasteiger charge is 2.15. The fourth-order valence-corrected chi connectivity index (χ4v) is 1.73. The lowest BCUT2D eigenvalue weighted by Crippen LogP contribution is -2.19. The second kappa shape index (κ2) is 4.61. The minimum Gasteiger partial charge on any atom is -0.379 e.